The van der Waals surface area contributed by atoms with Crippen LogP contribution in [0.15, 0.2) is 59.4 Å². The summed E-state index contributed by atoms with van der Waals surface area (Å²) in [5, 5.41) is 24.7. The Morgan fingerprint density at radius 2 is 1.94 bits per heavy atom. The van der Waals surface area contributed by atoms with Crippen molar-refractivity contribution in [1.29, 1.82) is 10.5 Å². The number of nitrogens with zero attached hydrogens (tertiary/aromatic N) is 3. The third kappa shape index (κ3) is 4.41. The van der Waals surface area contributed by atoms with E-state index < -0.39 is 17.6 Å². The lowest BCUT2D eigenvalue weighted by molar-refractivity contribution is -0.137. The summed E-state index contributed by atoms with van der Waals surface area (Å²) in [7, 11) is 0. The van der Waals surface area contributed by atoms with E-state index in [2.05, 4.69) is 27.8 Å². The number of anilines is 1. The Labute approximate surface area is 176 Å². The van der Waals surface area contributed by atoms with Gasteiger partial charge in [0.2, 0.25) is 0 Å². The van der Waals surface area contributed by atoms with E-state index in [1.165, 1.54) is 12.1 Å². The third-order valence-corrected chi connectivity index (χ3v) is 4.74. The molecule has 1 atom stereocenters. The number of alkyl halides is 3. The first kappa shape index (κ1) is 21.6. The van der Waals surface area contributed by atoms with Crippen LogP contribution < -0.4 is 10.6 Å². The quantitative estimate of drug-likeness (QED) is 0.761. The van der Waals surface area contributed by atoms with E-state index in [1.54, 1.807) is 26.0 Å². The summed E-state index contributed by atoms with van der Waals surface area (Å²) in [4.78, 5) is 16.2. The smallest absolute Gasteiger partial charge is 0.380 e. The molecule has 0 spiro atoms. The van der Waals surface area contributed by atoms with Gasteiger partial charge in [-0.25, -0.2) is 4.98 Å². The Kier molecular flexibility index (Phi) is 5.80. The summed E-state index contributed by atoms with van der Waals surface area (Å²) in [6.07, 6.45) is -3.88. The van der Waals surface area contributed by atoms with Gasteiger partial charge in [-0.15, -0.1) is 0 Å². The second kappa shape index (κ2) is 8.33. The lowest BCUT2D eigenvalue weighted by Gasteiger charge is -2.25. The molecule has 0 saturated heterocycles. The Bertz CT molecular complexity index is 1180. The van der Waals surface area contributed by atoms with Crippen LogP contribution in [-0.2, 0) is 6.18 Å². The molecule has 0 radical (unpaired) electrons. The number of amides is 1. The molecule has 3 rings (SSSR count). The number of benzene rings is 1. The maximum absolute atomic E-state index is 12.7. The largest absolute Gasteiger partial charge is 0.417 e. The highest BCUT2D eigenvalue weighted by atomic mass is 19.4. The van der Waals surface area contributed by atoms with Gasteiger partial charge in [0, 0.05) is 23.0 Å². The number of hydrogen-bond acceptors (Lipinski definition) is 5. The Morgan fingerprint density at radius 1 is 1.19 bits per heavy atom. The van der Waals surface area contributed by atoms with Crippen LogP contribution in [0.25, 0.3) is 5.57 Å². The van der Waals surface area contributed by atoms with Crippen molar-refractivity contribution >= 4 is 17.3 Å². The van der Waals surface area contributed by atoms with Crippen LogP contribution in [0.3, 0.4) is 0 Å². The highest BCUT2D eigenvalue weighted by Gasteiger charge is 2.31. The number of aromatic nitrogens is 1. The zero-order valence-electron chi connectivity index (χ0n) is 16.5. The fourth-order valence-corrected chi connectivity index (χ4v) is 3.24. The second-order valence-electron chi connectivity index (χ2n) is 6.84. The number of nitriles is 2. The van der Waals surface area contributed by atoms with Crippen LogP contribution >= 0.6 is 0 Å². The van der Waals surface area contributed by atoms with Crippen LogP contribution in [-0.4, -0.2) is 16.9 Å². The SMILES string of the molecule is CC1=C(C#N)C(c2cccc(C(=O)Nc3ccc(C(F)(F)F)cn3)c2)=C(C#N)C(C)N1. The number of allylic oxidation sites excluding steroid dienone is 3. The molecule has 2 N–H and O–H groups in total. The molecule has 6 nitrogen and oxygen atoms in total. The van der Waals surface area contributed by atoms with Crippen molar-refractivity contribution in [3.05, 3.63) is 76.1 Å². The van der Waals surface area contributed by atoms with Gasteiger partial charge in [0.25, 0.3) is 5.91 Å². The van der Waals surface area contributed by atoms with Crippen LogP contribution in [0.1, 0.15) is 35.3 Å². The van der Waals surface area contributed by atoms with Crippen LogP contribution in [0.4, 0.5) is 19.0 Å². The molecule has 1 aromatic heterocycles. The summed E-state index contributed by atoms with van der Waals surface area (Å²) in [6.45, 7) is 3.53. The molecule has 0 fully saturated rings. The molecule has 9 heteroatoms. The molecule has 156 valence electrons. The van der Waals surface area contributed by atoms with Gasteiger partial charge in [0.15, 0.2) is 0 Å². The number of carbonyl (C=O) groups is 1. The second-order valence-corrected chi connectivity index (χ2v) is 6.84. The number of rotatable bonds is 3. The van der Waals surface area contributed by atoms with E-state index in [0.29, 0.717) is 34.2 Å². The molecule has 1 unspecified atom stereocenters. The lowest BCUT2D eigenvalue weighted by atomic mass is 9.86. The molecule has 2 aromatic rings. The first-order chi connectivity index (χ1) is 14.7. The Morgan fingerprint density at radius 3 is 2.52 bits per heavy atom. The van der Waals surface area contributed by atoms with E-state index in [1.807, 2.05) is 0 Å². The maximum atomic E-state index is 12.7. The summed E-state index contributed by atoms with van der Waals surface area (Å²) in [5.74, 6) is -0.626. The van der Waals surface area contributed by atoms with E-state index >= 15 is 0 Å². The van der Waals surface area contributed by atoms with Gasteiger partial charge in [-0.2, -0.15) is 23.7 Å². The number of pyridine rings is 1. The van der Waals surface area contributed by atoms with Crippen molar-refractivity contribution in [3.63, 3.8) is 0 Å². The lowest BCUT2D eigenvalue weighted by Crippen LogP contribution is -2.31. The van der Waals surface area contributed by atoms with Gasteiger partial charge in [-0.1, -0.05) is 12.1 Å². The molecule has 2 heterocycles. The number of dihydropyridines is 1. The minimum absolute atomic E-state index is 0.0377. The Hall–Kier alpha value is -4.11. The zero-order valence-corrected chi connectivity index (χ0v) is 16.5. The number of halogens is 3. The van der Waals surface area contributed by atoms with Gasteiger partial charge in [-0.3, -0.25) is 4.79 Å². The highest BCUT2D eigenvalue weighted by molar-refractivity contribution is 6.04. The number of nitrogens with one attached hydrogen (secondary N) is 2. The number of hydrogen-bond donors (Lipinski definition) is 2. The van der Waals surface area contributed by atoms with Crippen LogP contribution in [0.5, 0.6) is 0 Å². The van der Waals surface area contributed by atoms with Crippen molar-refractivity contribution in [1.82, 2.24) is 10.3 Å². The average molecular weight is 423 g/mol. The molecule has 0 bridgehead atoms. The molecule has 1 amide bonds. The third-order valence-electron chi connectivity index (χ3n) is 4.74. The Balaban J connectivity index is 1.94. The van der Waals surface area contributed by atoms with E-state index in [4.69, 9.17) is 0 Å². The van der Waals surface area contributed by atoms with Crippen molar-refractivity contribution in [2.24, 2.45) is 0 Å². The fourth-order valence-electron chi connectivity index (χ4n) is 3.24. The predicted molar refractivity (Wildman–Crippen MR) is 107 cm³/mol. The molecular weight excluding hydrogens is 407 g/mol. The highest BCUT2D eigenvalue weighted by Crippen LogP contribution is 2.33. The predicted octanol–water partition coefficient (Wildman–Crippen LogP) is 4.42. The topological polar surface area (TPSA) is 102 Å². The monoisotopic (exact) mass is 423 g/mol. The van der Waals surface area contributed by atoms with Crippen LogP contribution in [0, 0.1) is 22.7 Å². The van der Waals surface area contributed by atoms with Gasteiger partial charge < -0.3 is 10.6 Å². The zero-order chi connectivity index (χ0) is 22.8. The summed E-state index contributed by atoms with van der Waals surface area (Å²) in [5.41, 5.74) is 1.51. The average Bonchev–Trinajstić information content (AvgIpc) is 2.73. The molecular formula is C22H16F3N5O. The molecule has 0 saturated carbocycles. The number of carbonyl (C=O) groups excluding carboxylic acids is 1. The van der Waals surface area contributed by atoms with Gasteiger partial charge in [-0.05, 0) is 43.7 Å². The molecule has 1 aromatic carbocycles. The summed E-state index contributed by atoms with van der Waals surface area (Å²) >= 11 is 0. The fraction of sp³-hybridized carbons (Fsp3) is 0.182. The first-order valence-electron chi connectivity index (χ1n) is 9.13. The minimum atomic E-state index is -4.52. The molecule has 31 heavy (non-hydrogen) atoms. The molecule has 1 aliphatic heterocycles. The van der Waals surface area contributed by atoms with Gasteiger partial charge in [0.1, 0.15) is 11.9 Å². The molecule has 1 aliphatic rings. The van der Waals surface area contributed by atoms with Crippen molar-refractivity contribution in [3.8, 4) is 12.1 Å². The van der Waals surface area contributed by atoms with E-state index in [-0.39, 0.29) is 17.4 Å². The minimum Gasteiger partial charge on any atom is -0.380 e. The standard InChI is InChI=1S/C22H16F3N5O/c1-12-17(9-26)20(18(10-27)13(2)29-12)14-4-3-5-15(8-14)21(31)30-19-7-6-16(11-28-19)22(23,24)25/h3-8,11-12,29H,1-2H3,(H,28,30,31). The van der Waals surface area contributed by atoms with Crippen molar-refractivity contribution < 1.29 is 18.0 Å². The van der Waals surface area contributed by atoms with Gasteiger partial charge >= 0.3 is 6.18 Å². The van der Waals surface area contributed by atoms with Gasteiger partial charge in [0.05, 0.1) is 28.8 Å². The first-order valence-corrected chi connectivity index (χ1v) is 9.13. The summed E-state index contributed by atoms with van der Waals surface area (Å²) < 4.78 is 38.0. The van der Waals surface area contributed by atoms with Crippen molar-refractivity contribution in [2.75, 3.05) is 5.32 Å². The normalized spacial score (nSPS) is 16.3. The van der Waals surface area contributed by atoms with Crippen molar-refractivity contribution in [2.45, 2.75) is 26.1 Å². The molecule has 0 aliphatic carbocycles. The van der Waals surface area contributed by atoms with E-state index in [0.717, 1.165) is 12.1 Å². The van der Waals surface area contributed by atoms with E-state index in [9.17, 15) is 28.5 Å². The van der Waals surface area contributed by atoms with Crippen LogP contribution in [0.2, 0.25) is 0 Å². The maximum Gasteiger partial charge on any atom is 0.417 e. The summed E-state index contributed by atoms with van der Waals surface area (Å²) in [6, 6.07) is 12.1.